The molecule has 9 heteroatoms. The highest BCUT2D eigenvalue weighted by Crippen LogP contribution is 2.33. The number of fused-ring (bicyclic) bond motifs is 1. The highest BCUT2D eigenvalue weighted by Gasteiger charge is 2.42. The standard InChI is InChI=1S/C14H23N3O5S/c15-7-3-6-12(19)22-21-11(18)5-2-1-4-10-13-9(8-23-10)16-14(20)17-13/h9-10,13H,1-8,15H2,(H2,16,17,20)/t9-,10-,13-/m1/s1. The molecule has 0 radical (unpaired) electrons. The molecule has 0 aromatic heterocycles. The van der Waals surface area contributed by atoms with E-state index in [-0.39, 0.29) is 31.0 Å². The molecule has 0 aromatic rings. The third-order valence-electron chi connectivity index (χ3n) is 3.87. The molecule has 2 rings (SSSR count). The van der Waals surface area contributed by atoms with Gasteiger partial charge in [-0.05, 0) is 25.8 Å². The third-order valence-corrected chi connectivity index (χ3v) is 5.38. The fourth-order valence-corrected chi connectivity index (χ4v) is 4.22. The molecule has 0 bridgehead atoms. The van der Waals surface area contributed by atoms with E-state index in [1.54, 1.807) is 0 Å². The summed E-state index contributed by atoms with van der Waals surface area (Å²) in [5.41, 5.74) is 5.26. The van der Waals surface area contributed by atoms with E-state index in [9.17, 15) is 14.4 Å². The van der Waals surface area contributed by atoms with Crippen molar-refractivity contribution in [3.05, 3.63) is 0 Å². The Morgan fingerprint density at radius 3 is 2.52 bits per heavy atom. The molecular formula is C14H23N3O5S. The topological polar surface area (TPSA) is 120 Å². The van der Waals surface area contributed by atoms with Gasteiger partial charge in [-0.25, -0.2) is 24.2 Å². The van der Waals surface area contributed by atoms with E-state index in [1.165, 1.54) is 0 Å². The van der Waals surface area contributed by atoms with Crippen molar-refractivity contribution in [2.24, 2.45) is 5.73 Å². The molecule has 0 saturated carbocycles. The SMILES string of the molecule is NCCCC(=O)OOC(=O)CCCC[C@H]1SC[C@H]2NC(=O)N[C@H]21. The molecule has 0 aliphatic carbocycles. The molecular weight excluding hydrogens is 322 g/mol. The summed E-state index contributed by atoms with van der Waals surface area (Å²) in [5, 5.41) is 6.21. The van der Waals surface area contributed by atoms with Crippen LogP contribution in [-0.4, -0.2) is 47.6 Å². The lowest BCUT2D eigenvalue weighted by Crippen LogP contribution is -2.36. The van der Waals surface area contributed by atoms with E-state index in [0.717, 1.165) is 18.6 Å². The highest BCUT2D eigenvalue weighted by atomic mass is 32.2. The minimum atomic E-state index is -0.582. The first-order valence-corrected chi connectivity index (χ1v) is 8.94. The average Bonchev–Trinajstić information content (AvgIpc) is 3.07. The van der Waals surface area contributed by atoms with Gasteiger partial charge in [0.05, 0.1) is 24.9 Å². The summed E-state index contributed by atoms with van der Waals surface area (Å²) in [5.74, 6) is -0.199. The van der Waals surface area contributed by atoms with Crippen molar-refractivity contribution in [3.8, 4) is 0 Å². The number of hydrogen-bond donors (Lipinski definition) is 3. The summed E-state index contributed by atoms with van der Waals surface area (Å²) < 4.78 is 0. The van der Waals surface area contributed by atoms with Crippen molar-refractivity contribution in [3.63, 3.8) is 0 Å². The average molecular weight is 345 g/mol. The van der Waals surface area contributed by atoms with Crippen LogP contribution in [0.1, 0.15) is 38.5 Å². The lowest BCUT2D eigenvalue weighted by molar-refractivity contribution is -0.259. The van der Waals surface area contributed by atoms with Crippen molar-refractivity contribution >= 4 is 29.7 Å². The molecule has 0 unspecified atom stereocenters. The highest BCUT2D eigenvalue weighted by molar-refractivity contribution is 8.00. The first kappa shape index (κ1) is 17.9. The number of rotatable bonds is 8. The van der Waals surface area contributed by atoms with Gasteiger partial charge in [0.1, 0.15) is 0 Å². The van der Waals surface area contributed by atoms with Crippen LogP contribution in [0, 0.1) is 0 Å². The fraction of sp³-hybridized carbons (Fsp3) is 0.786. The molecule has 2 aliphatic heterocycles. The Kier molecular flexibility index (Phi) is 6.97. The molecule has 3 atom stereocenters. The monoisotopic (exact) mass is 345 g/mol. The lowest BCUT2D eigenvalue weighted by Gasteiger charge is -2.16. The third kappa shape index (κ3) is 5.58. The van der Waals surface area contributed by atoms with E-state index < -0.39 is 11.9 Å². The van der Waals surface area contributed by atoms with E-state index >= 15 is 0 Å². The zero-order valence-electron chi connectivity index (χ0n) is 12.9. The Balaban J connectivity index is 1.53. The number of nitrogens with one attached hydrogen (secondary N) is 2. The van der Waals surface area contributed by atoms with Crippen LogP contribution >= 0.6 is 11.8 Å². The second kappa shape index (κ2) is 8.97. The zero-order valence-corrected chi connectivity index (χ0v) is 13.7. The summed E-state index contributed by atoms with van der Waals surface area (Å²) in [6.07, 6.45) is 3.30. The number of unbranched alkanes of at least 4 members (excludes halogenated alkanes) is 1. The molecule has 23 heavy (non-hydrogen) atoms. The normalized spacial score (nSPS) is 25.4. The van der Waals surface area contributed by atoms with Crippen molar-refractivity contribution < 1.29 is 24.2 Å². The van der Waals surface area contributed by atoms with Crippen molar-refractivity contribution in [1.82, 2.24) is 10.6 Å². The van der Waals surface area contributed by atoms with Gasteiger partial charge in [0.2, 0.25) is 0 Å². The second-order valence-electron chi connectivity index (χ2n) is 5.67. The Labute approximate surface area is 139 Å². The molecule has 2 aliphatic rings. The molecule has 0 spiro atoms. The van der Waals surface area contributed by atoms with Gasteiger partial charge in [-0.15, -0.1) is 0 Å². The largest absolute Gasteiger partial charge is 0.355 e. The second-order valence-corrected chi connectivity index (χ2v) is 6.94. The van der Waals surface area contributed by atoms with Gasteiger partial charge in [-0.1, -0.05) is 6.42 Å². The first-order valence-electron chi connectivity index (χ1n) is 7.89. The maximum absolute atomic E-state index is 11.4. The van der Waals surface area contributed by atoms with Crippen molar-refractivity contribution in [1.29, 1.82) is 0 Å². The zero-order chi connectivity index (χ0) is 16.7. The molecule has 2 fully saturated rings. The number of urea groups is 1. The van der Waals surface area contributed by atoms with Crippen LogP contribution in [0.25, 0.3) is 0 Å². The van der Waals surface area contributed by atoms with E-state index in [0.29, 0.717) is 24.6 Å². The Bertz CT molecular complexity index is 448. The van der Waals surface area contributed by atoms with Crippen LogP contribution in [0.5, 0.6) is 0 Å². The quantitative estimate of drug-likeness (QED) is 0.253. The molecule has 2 amide bonds. The summed E-state index contributed by atoms with van der Waals surface area (Å²) >= 11 is 1.84. The van der Waals surface area contributed by atoms with Crippen LogP contribution in [-0.2, 0) is 19.4 Å². The summed E-state index contributed by atoms with van der Waals surface area (Å²) in [6, 6.07) is 0.309. The Morgan fingerprint density at radius 2 is 1.83 bits per heavy atom. The van der Waals surface area contributed by atoms with Crippen LogP contribution in [0.4, 0.5) is 4.79 Å². The molecule has 130 valence electrons. The van der Waals surface area contributed by atoms with E-state index in [2.05, 4.69) is 20.4 Å². The summed E-state index contributed by atoms with van der Waals surface area (Å²) in [4.78, 5) is 42.7. The van der Waals surface area contributed by atoms with Gasteiger partial charge >= 0.3 is 18.0 Å². The first-order chi connectivity index (χ1) is 11.1. The minimum absolute atomic E-state index is 0.0923. The number of carbonyl (C=O) groups is 3. The Morgan fingerprint density at radius 1 is 1.13 bits per heavy atom. The molecule has 4 N–H and O–H groups in total. The number of thioether (sulfide) groups is 1. The number of carbonyl (C=O) groups excluding carboxylic acids is 3. The summed E-state index contributed by atoms with van der Waals surface area (Å²) in [7, 11) is 0. The van der Waals surface area contributed by atoms with Gasteiger partial charge in [0, 0.05) is 11.0 Å². The van der Waals surface area contributed by atoms with Gasteiger partial charge in [-0.2, -0.15) is 11.8 Å². The van der Waals surface area contributed by atoms with Crippen LogP contribution in [0.3, 0.4) is 0 Å². The molecule has 2 heterocycles. The number of nitrogens with two attached hydrogens (primary N) is 1. The Hall–Kier alpha value is -1.48. The van der Waals surface area contributed by atoms with Gasteiger partial charge < -0.3 is 16.4 Å². The molecule has 8 nitrogen and oxygen atoms in total. The van der Waals surface area contributed by atoms with Gasteiger partial charge in [0.25, 0.3) is 0 Å². The maximum Gasteiger partial charge on any atom is 0.355 e. The predicted octanol–water partition coefficient (Wildman–Crippen LogP) is 0.453. The van der Waals surface area contributed by atoms with Crippen LogP contribution < -0.4 is 16.4 Å². The molecule has 0 aromatic carbocycles. The van der Waals surface area contributed by atoms with Gasteiger partial charge in [-0.3, -0.25) is 0 Å². The summed E-state index contributed by atoms with van der Waals surface area (Å²) in [6.45, 7) is 0.389. The number of hydrogen-bond acceptors (Lipinski definition) is 7. The maximum atomic E-state index is 11.4. The lowest BCUT2D eigenvalue weighted by atomic mass is 10.0. The van der Waals surface area contributed by atoms with Gasteiger partial charge in [0.15, 0.2) is 0 Å². The number of amides is 2. The molecule has 2 saturated heterocycles. The van der Waals surface area contributed by atoms with Crippen LogP contribution in [0.15, 0.2) is 0 Å². The smallest absolute Gasteiger partial charge is 0.332 e. The van der Waals surface area contributed by atoms with E-state index in [4.69, 9.17) is 5.73 Å². The van der Waals surface area contributed by atoms with Crippen molar-refractivity contribution in [2.45, 2.75) is 55.9 Å². The van der Waals surface area contributed by atoms with Crippen molar-refractivity contribution in [2.75, 3.05) is 12.3 Å². The van der Waals surface area contributed by atoms with E-state index in [1.807, 2.05) is 11.8 Å². The minimum Gasteiger partial charge on any atom is -0.332 e. The fourth-order valence-electron chi connectivity index (χ4n) is 2.68. The van der Waals surface area contributed by atoms with Crippen LogP contribution in [0.2, 0.25) is 0 Å². The predicted molar refractivity (Wildman–Crippen MR) is 84.4 cm³/mol.